The molecule has 6 nitrogen and oxygen atoms in total. The predicted octanol–water partition coefficient (Wildman–Crippen LogP) is 3.10. The van der Waals surface area contributed by atoms with Crippen molar-refractivity contribution in [1.82, 2.24) is 15.2 Å². The number of hydrogen-bond acceptors (Lipinski definition) is 3. The van der Waals surface area contributed by atoms with E-state index in [-0.39, 0.29) is 18.0 Å². The van der Waals surface area contributed by atoms with Gasteiger partial charge in [0.25, 0.3) is 5.91 Å². The maximum absolute atomic E-state index is 12.4. The molecule has 2 rings (SSSR count). The van der Waals surface area contributed by atoms with Crippen molar-refractivity contribution in [2.24, 2.45) is 0 Å². The fourth-order valence-electron chi connectivity index (χ4n) is 2.87. The lowest BCUT2D eigenvalue weighted by Crippen LogP contribution is -2.47. The molecule has 0 aromatic carbocycles. The Hall–Kier alpha value is -1.98. The predicted molar refractivity (Wildman–Crippen MR) is 93.1 cm³/mol. The second-order valence-electron chi connectivity index (χ2n) is 7.34. The summed E-state index contributed by atoms with van der Waals surface area (Å²) in [5, 5.41) is 3.09. The van der Waals surface area contributed by atoms with Crippen LogP contribution in [0.2, 0.25) is 0 Å². The number of nitrogens with zero attached hydrogens (tertiary/aromatic N) is 1. The quantitative estimate of drug-likeness (QED) is 0.888. The van der Waals surface area contributed by atoms with E-state index in [1.807, 2.05) is 33.0 Å². The number of H-pyrrole nitrogens is 1. The van der Waals surface area contributed by atoms with Crippen molar-refractivity contribution in [2.45, 2.75) is 65.0 Å². The molecule has 0 saturated carbocycles. The number of aromatic amines is 1. The van der Waals surface area contributed by atoms with Crippen LogP contribution in [-0.4, -0.2) is 46.6 Å². The van der Waals surface area contributed by atoms with Crippen molar-refractivity contribution in [1.29, 1.82) is 0 Å². The monoisotopic (exact) mass is 335 g/mol. The summed E-state index contributed by atoms with van der Waals surface area (Å²) in [5.41, 5.74) is 1.24. The molecule has 6 heteroatoms. The van der Waals surface area contributed by atoms with Gasteiger partial charge in [-0.2, -0.15) is 0 Å². The van der Waals surface area contributed by atoms with Gasteiger partial charge in [-0.05, 0) is 46.1 Å². The molecule has 1 fully saturated rings. The summed E-state index contributed by atoms with van der Waals surface area (Å²) in [6.07, 6.45) is 4.90. The smallest absolute Gasteiger partial charge is 0.410 e. The molecule has 1 aliphatic rings. The molecule has 2 amide bonds. The second kappa shape index (κ2) is 7.73. The van der Waals surface area contributed by atoms with Crippen LogP contribution in [-0.2, 0) is 11.2 Å². The van der Waals surface area contributed by atoms with E-state index < -0.39 is 5.60 Å². The molecular weight excluding hydrogens is 306 g/mol. The van der Waals surface area contributed by atoms with Gasteiger partial charge in [-0.15, -0.1) is 0 Å². The van der Waals surface area contributed by atoms with E-state index in [4.69, 9.17) is 4.74 Å². The van der Waals surface area contributed by atoms with Gasteiger partial charge in [-0.25, -0.2) is 4.79 Å². The van der Waals surface area contributed by atoms with Crippen molar-refractivity contribution in [3.63, 3.8) is 0 Å². The molecule has 1 aromatic heterocycles. The fourth-order valence-corrected chi connectivity index (χ4v) is 2.87. The van der Waals surface area contributed by atoms with E-state index in [0.29, 0.717) is 13.1 Å². The molecule has 134 valence electrons. The Bertz CT molecular complexity index is 566. The van der Waals surface area contributed by atoms with Gasteiger partial charge in [0.15, 0.2) is 0 Å². The zero-order chi connectivity index (χ0) is 17.7. The Morgan fingerprint density at radius 1 is 1.33 bits per heavy atom. The van der Waals surface area contributed by atoms with E-state index in [2.05, 4.69) is 17.2 Å². The van der Waals surface area contributed by atoms with Crippen LogP contribution in [0.15, 0.2) is 12.3 Å². The third-order valence-corrected chi connectivity index (χ3v) is 4.06. The summed E-state index contributed by atoms with van der Waals surface area (Å²) in [6, 6.07) is 1.93. The molecule has 2 N–H and O–H groups in total. The maximum atomic E-state index is 12.4. The first-order valence-corrected chi connectivity index (χ1v) is 8.75. The van der Waals surface area contributed by atoms with Crippen LogP contribution in [0.4, 0.5) is 4.79 Å². The molecule has 0 bridgehead atoms. The maximum Gasteiger partial charge on any atom is 0.410 e. The number of ether oxygens (including phenoxy) is 1. The van der Waals surface area contributed by atoms with Crippen molar-refractivity contribution < 1.29 is 14.3 Å². The van der Waals surface area contributed by atoms with E-state index >= 15 is 0 Å². The third-order valence-electron chi connectivity index (χ3n) is 4.06. The SMILES string of the molecule is CCCc1[nH]ccc1C(=O)NC1CCN(C(=O)OC(C)(C)C)CC1. The molecule has 0 unspecified atom stereocenters. The van der Waals surface area contributed by atoms with Crippen LogP contribution in [0.5, 0.6) is 0 Å². The van der Waals surface area contributed by atoms with Gasteiger partial charge in [-0.1, -0.05) is 13.3 Å². The number of amides is 2. The van der Waals surface area contributed by atoms with E-state index in [9.17, 15) is 9.59 Å². The van der Waals surface area contributed by atoms with Gasteiger partial charge in [0.2, 0.25) is 0 Å². The summed E-state index contributed by atoms with van der Waals surface area (Å²) in [6.45, 7) is 8.90. The topological polar surface area (TPSA) is 74.4 Å². The van der Waals surface area contributed by atoms with Crippen LogP contribution in [0.1, 0.15) is 63.0 Å². The number of rotatable bonds is 4. The highest BCUT2D eigenvalue weighted by atomic mass is 16.6. The highest BCUT2D eigenvalue weighted by Gasteiger charge is 2.28. The summed E-state index contributed by atoms with van der Waals surface area (Å²) in [5.74, 6) is -0.0320. The van der Waals surface area contributed by atoms with Crippen molar-refractivity contribution in [3.05, 3.63) is 23.5 Å². The molecule has 0 atom stereocenters. The van der Waals surface area contributed by atoms with Crippen molar-refractivity contribution in [3.8, 4) is 0 Å². The van der Waals surface area contributed by atoms with Gasteiger partial charge in [0, 0.05) is 31.0 Å². The van der Waals surface area contributed by atoms with Gasteiger partial charge in [0.1, 0.15) is 5.60 Å². The van der Waals surface area contributed by atoms with Crippen LogP contribution in [0, 0.1) is 0 Å². The van der Waals surface area contributed by atoms with E-state index in [1.165, 1.54) is 0 Å². The minimum Gasteiger partial charge on any atom is -0.444 e. The Morgan fingerprint density at radius 2 is 2.00 bits per heavy atom. The van der Waals surface area contributed by atoms with E-state index in [0.717, 1.165) is 36.9 Å². The zero-order valence-electron chi connectivity index (χ0n) is 15.1. The lowest BCUT2D eigenvalue weighted by Gasteiger charge is -2.33. The van der Waals surface area contributed by atoms with Crippen LogP contribution in [0.25, 0.3) is 0 Å². The Kier molecular flexibility index (Phi) is 5.91. The highest BCUT2D eigenvalue weighted by Crippen LogP contribution is 2.16. The van der Waals surface area contributed by atoms with Gasteiger partial charge >= 0.3 is 6.09 Å². The first-order chi connectivity index (χ1) is 11.3. The van der Waals surface area contributed by atoms with Crippen molar-refractivity contribution in [2.75, 3.05) is 13.1 Å². The molecule has 1 aromatic rings. The average Bonchev–Trinajstić information content (AvgIpc) is 2.95. The third kappa shape index (κ3) is 5.01. The van der Waals surface area contributed by atoms with Crippen LogP contribution < -0.4 is 5.32 Å². The van der Waals surface area contributed by atoms with Crippen LogP contribution >= 0.6 is 0 Å². The number of aromatic nitrogens is 1. The lowest BCUT2D eigenvalue weighted by molar-refractivity contribution is 0.0199. The summed E-state index contributed by atoms with van der Waals surface area (Å²) in [7, 11) is 0. The normalized spacial score (nSPS) is 16.1. The molecular formula is C18H29N3O3. The number of hydrogen-bond donors (Lipinski definition) is 2. The Balaban J connectivity index is 1.83. The second-order valence-corrected chi connectivity index (χ2v) is 7.34. The molecule has 0 aliphatic carbocycles. The lowest BCUT2D eigenvalue weighted by atomic mass is 10.0. The summed E-state index contributed by atoms with van der Waals surface area (Å²) >= 11 is 0. The molecule has 1 aliphatic heterocycles. The Morgan fingerprint density at radius 3 is 2.58 bits per heavy atom. The Labute approximate surface area is 143 Å². The first kappa shape index (κ1) is 18.4. The number of nitrogens with one attached hydrogen (secondary N) is 2. The minimum atomic E-state index is -0.480. The fraction of sp³-hybridized carbons (Fsp3) is 0.667. The van der Waals surface area contributed by atoms with Gasteiger partial charge in [-0.3, -0.25) is 4.79 Å². The summed E-state index contributed by atoms with van der Waals surface area (Å²) in [4.78, 5) is 29.3. The molecule has 2 heterocycles. The zero-order valence-corrected chi connectivity index (χ0v) is 15.1. The number of likely N-dealkylation sites (tertiary alicyclic amines) is 1. The standard InChI is InChI=1S/C18H29N3O3/c1-5-6-15-14(7-10-19-15)16(22)20-13-8-11-21(12-9-13)17(23)24-18(2,3)4/h7,10,13,19H,5-6,8-9,11-12H2,1-4H3,(H,20,22). The van der Waals surface area contributed by atoms with E-state index in [1.54, 1.807) is 4.90 Å². The average molecular weight is 335 g/mol. The first-order valence-electron chi connectivity index (χ1n) is 8.75. The van der Waals surface area contributed by atoms with Gasteiger partial charge < -0.3 is 19.9 Å². The number of carbonyl (C=O) groups excluding carboxylic acids is 2. The molecule has 0 spiro atoms. The summed E-state index contributed by atoms with van der Waals surface area (Å²) < 4.78 is 5.39. The van der Waals surface area contributed by atoms with Crippen LogP contribution in [0.3, 0.4) is 0 Å². The molecule has 24 heavy (non-hydrogen) atoms. The minimum absolute atomic E-state index is 0.0320. The number of aryl methyl sites for hydroxylation is 1. The number of piperidine rings is 1. The number of carbonyl (C=O) groups is 2. The highest BCUT2D eigenvalue weighted by molar-refractivity contribution is 5.95. The van der Waals surface area contributed by atoms with Crippen molar-refractivity contribution >= 4 is 12.0 Å². The largest absolute Gasteiger partial charge is 0.444 e. The van der Waals surface area contributed by atoms with Gasteiger partial charge in [0.05, 0.1) is 5.56 Å². The molecule has 0 radical (unpaired) electrons. The molecule has 1 saturated heterocycles.